The first-order valence-corrected chi connectivity index (χ1v) is 7.40. The summed E-state index contributed by atoms with van der Waals surface area (Å²) in [7, 11) is -5.49. The van der Waals surface area contributed by atoms with E-state index in [9.17, 15) is 21.6 Å². The van der Waals surface area contributed by atoms with Crippen molar-refractivity contribution >= 4 is 10.1 Å². The quantitative estimate of drug-likeness (QED) is 0.578. The predicted molar refractivity (Wildman–Crippen MR) is 59.1 cm³/mol. The Labute approximate surface area is 105 Å². The first kappa shape index (κ1) is 14.1. The molecule has 0 spiro atoms. The third-order valence-electron chi connectivity index (χ3n) is 4.35. The van der Waals surface area contributed by atoms with Crippen LogP contribution in [-0.2, 0) is 14.3 Å². The molecule has 0 aliphatic heterocycles. The van der Waals surface area contributed by atoms with Crippen molar-refractivity contribution in [1.29, 1.82) is 0 Å². The number of fused-ring (bicyclic) bond motifs is 3. The first-order valence-electron chi connectivity index (χ1n) is 5.99. The summed E-state index contributed by atoms with van der Waals surface area (Å²) in [5, 5.41) is 0. The minimum atomic E-state index is -5.49. The highest BCUT2D eigenvalue weighted by molar-refractivity contribution is 7.87. The third-order valence-corrected chi connectivity index (χ3v) is 5.49. The van der Waals surface area contributed by atoms with Crippen molar-refractivity contribution in [2.45, 2.75) is 57.1 Å². The van der Waals surface area contributed by atoms with Crippen molar-refractivity contribution in [2.24, 2.45) is 11.3 Å². The summed E-state index contributed by atoms with van der Waals surface area (Å²) in [5.74, 6) is 0.455. The summed E-state index contributed by atoms with van der Waals surface area (Å²) in [6.07, 6.45) is 2.65. The minimum absolute atomic E-state index is 0.155. The number of halogens is 3. The van der Waals surface area contributed by atoms with Crippen LogP contribution in [0.15, 0.2) is 0 Å². The monoisotopic (exact) mass is 286 g/mol. The maximum absolute atomic E-state index is 12.4. The van der Waals surface area contributed by atoms with Gasteiger partial charge in [0.2, 0.25) is 0 Å². The maximum Gasteiger partial charge on any atom is 0.523 e. The zero-order valence-corrected chi connectivity index (χ0v) is 11.2. The summed E-state index contributed by atoms with van der Waals surface area (Å²) in [6, 6.07) is 0. The van der Waals surface area contributed by atoms with Crippen molar-refractivity contribution < 1.29 is 25.8 Å². The molecule has 7 heteroatoms. The second kappa shape index (κ2) is 3.85. The van der Waals surface area contributed by atoms with E-state index in [1.807, 2.05) is 13.8 Å². The van der Waals surface area contributed by atoms with Crippen LogP contribution in [0.4, 0.5) is 13.2 Å². The van der Waals surface area contributed by atoms with Crippen LogP contribution in [-0.4, -0.2) is 19.5 Å². The lowest BCUT2D eigenvalue weighted by molar-refractivity contribution is -0.114. The Morgan fingerprint density at radius 1 is 1.17 bits per heavy atom. The molecule has 0 aromatic heterocycles. The molecule has 0 saturated heterocycles. The van der Waals surface area contributed by atoms with Gasteiger partial charge in [-0.1, -0.05) is 13.8 Å². The molecule has 3 nitrogen and oxygen atoms in total. The molecular formula is C11H17F3O3S. The van der Waals surface area contributed by atoms with Crippen molar-refractivity contribution in [3.63, 3.8) is 0 Å². The second-order valence-electron chi connectivity index (χ2n) is 6.11. The minimum Gasteiger partial charge on any atom is -0.256 e. The van der Waals surface area contributed by atoms with Crippen LogP contribution in [0.25, 0.3) is 0 Å². The Kier molecular flexibility index (Phi) is 3.02. The van der Waals surface area contributed by atoms with Crippen LogP contribution < -0.4 is 0 Å². The summed E-state index contributed by atoms with van der Waals surface area (Å²) in [5.41, 5.74) is -6.63. The molecular weight excluding hydrogens is 269 g/mol. The molecule has 0 unspecified atom stereocenters. The molecule has 18 heavy (non-hydrogen) atoms. The van der Waals surface area contributed by atoms with Gasteiger partial charge in [0.25, 0.3) is 0 Å². The summed E-state index contributed by atoms with van der Waals surface area (Å²) >= 11 is 0. The van der Waals surface area contributed by atoms with Gasteiger partial charge in [-0.3, -0.25) is 4.18 Å². The number of rotatable bonds is 2. The van der Waals surface area contributed by atoms with E-state index in [-0.39, 0.29) is 5.41 Å². The van der Waals surface area contributed by atoms with Gasteiger partial charge in [-0.2, -0.15) is 21.6 Å². The van der Waals surface area contributed by atoms with E-state index in [0.29, 0.717) is 25.2 Å². The van der Waals surface area contributed by atoms with Crippen LogP contribution in [0.3, 0.4) is 0 Å². The van der Waals surface area contributed by atoms with Crippen LogP contribution in [0.5, 0.6) is 0 Å². The summed E-state index contributed by atoms with van der Waals surface area (Å²) < 4.78 is 64.1. The van der Waals surface area contributed by atoms with E-state index < -0.39 is 21.2 Å². The van der Waals surface area contributed by atoms with E-state index in [2.05, 4.69) is 4.18 Å². The molecule has 0 aromatic rings. The molecule has 3 rings (SSSR count). The number of hydrogen-bond acceptors (Lipinski definition) is 3. The zero-order chi connectivity index (χ0) is 13.8. The molecule has 0 N–H and O–H groups in total. The number of alkyl halides is 3. The summed E-state index contributed by atoms with van der Waals surface area (Å²) in [4.78, 5) is 0. The molecule has 106 valence electrons. The SMILES string of the molecule is CC1(C)CC2(OS(=O)(=O)C(F)(F)F)CCC1CC2. The molecule has 0 radical (unpaired) electrons. The zero-order valence-electron chi connectivity index (χ0n) is 10.4. The molecule has 3 fully saturated rings. The van der Waals surface area contributed by atoms with Crippen molar-refractivity contribution in [2.75, 3.05) is 0 Å². The van der Waals surface area contributed by atoms with Crippen LogP contribution in [0, 0.1) is 11.3 Å². The lowest BCUT2D eigenvalue weighted by Crippen LogP contribution is -2.52. The van der Waals surface area contributed by atoms with Gasteiger partial charge in [-0.05, 0) is 43.4 Å². The van der Waals surface area contributed by atoms with E-state index in [0.717, 1.165) is 12.8 Å². The van der Waals surface area contributed by atoms with Gasteiger partial charge >= 0.3 is 15.6 Å². The smallest absolute Gasteiger partial charge is 0.256 e. The van der Waals surface area contributed by atoms with Crippen LogP contribution in [0.1, 0.15) is 46.0 Å². The maximum atomic E-state index is 12.4. The Morgan fingerprint density at radius 2 is 1.67 bits per heavy atom. The highest BCUT2D eigenvalue weighted by Gasteiger charge is 2.57. The largest absolute Gasteiger partial charge is 0.523 e. The fourth-order valence-electron chi connectivity index (χ4n) is 3.47. The summed E-state index contributed by atoms with van der Waals surface area (Å²) in [6.45, 7) is 3.93. The van der Waals surface area contributed by atoms with Gasteiger partial charge in [0.15, 0.2) is 0 Å². The second-order valence-corrected chi connectivity index (χ2v) is 7.64. The van der Waals surface area contributed by atoms with E-state index in [1.54, 1.807) is 0 Å². The Morgan fingerprint density at radius 3 is 2.06 bits per heavy atom. The average Bonchev–Trinajstić information content (AvgIpc) is 2.13. The Hall–Kier alpha value is -0.300. The Bertz CT molecular complexity index is 431. The lowest BCUT2D eigenvalue weighted by Gasteiger charge is -2.54. The van der Waals surface area contributed by atoms with E-state index >= 15 is 0 Å². The van der Waals surface area contributed by atoms with Crippen LogP contribution in [0.2, 0.25) is 0 Å². The molecule has 3 saturated carbocycles. The lowest BCUT2D eigenvalue weighted by atomic mass is 9.56. The topological polar surface area (TPSA) is 43.4 Å². The van der Waals surface area contributed by atoms with E-state index in [4.69, 9.17) is 0 Å². The molecule has 0 aromatic carbocycles. The molecule has 0 heterocycles. The van der Waals surface area contributed by atoms with Gasteiger partial charge in [-0.15, -0.1) is 0 Å². The van der Waals surface area contributed by atoms with Crippen molar-refractivity contribution in [3.05, 3.63) is 0 Å². The molecule has 3 aliphatic carbocycles. The van der Waals surface area contributed by atoms with Gasteiger partial charge in [0, 0.05) is 0 Å². The highest BCUT2D eigenvalue weighted by Crippen LogP contribution is 2.56. The van der Waals surface area contributed by atoms with Gasteiger partial charge < -0.3 is 0 Å². The van der Waals surface area contributed by atoms with Gasteiger partial charge in [-0.25, -0.2) is 0 Å². The highest BCUT2D eigenvalue weighted by atomic mass is 32.2. The molecule has 0 amide bonds. The molecule has 2 bridgehead atoms. The molecule has 3 aliphatic rings. The average molecular weight is 286 g/mol. The number of hydrogen-bond donors (Lipinski definition) is 0. The van der Waals surface area contributed by atoms with Gasteiger partial charge in [0.1, 0.15) is 0 Å². The van der Waals surface area contributed by atoms with Gasteiger partial charge in [0.05, 0.1) is 5.60 Å². The normalized spacial score (nSPS) is 35.7. The fraction of sp³-hybridized carbons (Fsp3) is 1.00. The third kappa shape index (κ3) is 2.27. The van der Waals surface area contributed by atoms with Crippen molar-refractivity contribution in [3.8, 4) is 0 Å². The predicted octanol–water partition coefficient (Wildman–Crippen LogP) is 3.21. The Balaban J connectivity index is 2.24. The van der Waals surface area contributed by atoms with Crippen molar-refractivity contribution in [1.82, 2.24) is 0 Å². The molecule has 0 atom stereocenters. The standard InChI is InChI=1S/C11H17F3O3S/c1-9(2)7-10(5-3-8(9)4-6-10)17-18(15,16)11(12,13)14/h8H,3-7H2,1-2H3. The fourth-order valence-corrected chi connectivity index (χ4v) is 4.26. The first-order chi connectivity index (χ1) is 7.98. The van der Waals surface area contributed by atoms with E-state index in [1.165, 1.54) is 0 Å². The van der Waals surface area contributed by atoms with Crippen LogP contribution >= 0.6 is 0 Å².